The predicted octanol–water partition coefficient (Wildman–Crippen LogP) is 3.26. The molecular weight excluding hydrogens is 475 g/mol. The highest BCUT2D eigenvalue weighted by Gasteiger charge is 2.32. The van der Waals surface area contributed by atoms with Gasteiger partial charge in [0.1, 0.15) is 12.0 Å². The van der Waals surface area contributed by atoms with Gasteiger partial charge < -0.3 is 9.64 Å². The summed E-state index contributed by atoms with van der Waals surface area (Å²) in [6.07, 6.45) is 5.90. The molecule has 0 bridgehead atoms. The molecule has 2 heterocycles. The van der Waals surface area contributed by atoms with Gasteiger partial charge in [0.2, 0.25) is 0 Å². The number of benzene rings is 2. The first-order chi connectivity index (χ1) is 16.9. The third-order valence-electron chi connectivity index (χ3n) is 6.34. The minimum absolute atomic E-state index is 0.0131. The molecule has 0 amide bonds. The molecule has 1 aliphatic carbocycles. The first-order valence-corrected chi connectivity index (χ1v) is 12.9. The summed E-state index contributed by atoms with van der Waals surface area (Å²) in [6.45, 7) is 1.37. The van der Waals surface area contributed by atoms with Crippen LogP contribution in [0.3, 0.4) is 0 Å². The van der Waals surface area contributed by atoms with Crippen molar-refractivity contribution in [2.24, 2.45) is 0 Å². The molecule has 1 N–H and O–H groups in total. The fourth-order valence-corrected chi connectivity index (χ4v) is 5.81. The molecule has 0 spiro atoms. The maximum Gasteiger partial charge on any atom is 0.337 e. The topological polar surface area (TPSA) is 119 Å². The largest absolute Gasteiger partial charge is 0.465 e. The van der Waals surface area contributed by atoms with Gasteiger partial charge in [-0.25, -0.2) is 17.6 Å². The zero-order chi connectivity index (χ0) is 24.6. The lowest BCUT2D eigenvalue weighted by molar-refractivity contribution is 0.0600. The first-order valence-electron chi connectivity index (χ1n) is 11.4. The zero-order valence-electron chi connectivity index (χ0n) is 19.1. The van der Waals surface area contributed by atoms with E-state index < -0.39 is 21.8 Å². The molecule has 0 atom stereocenters. The van der Waals surface area contributed by atoms with E-state index in [4.69, 9.17) is 4.74 Å². The van der Waals surface area contributed by atoms with Crippen molar-refractivity contribution in [3.8, 4) is 5.69 Å². The average Bonchev–Trinajstić information content (AvgIpc) is 3.58. The van der Waals surface area contributed by atoms with Gasteiger partial charge in [0.15, 0.2) is 5.82 Å². The first kappa shape index (κ1) is 23.2. The third-order valence-corrected chi connectivity index (χ3v) is 7.76. The Kier molecular flexibility index (Phi) is 6.13. The smallest absolute Gasteiger partial charge is 0.337 e. The second-order valence-electron chi connectivity index (χ2n) is 8.75. The molecule has 3 aromatic rings. The van der Waals surface area contributed by atoms with Crippen LogP contribution >= 0.6 is 0 Å². The summed E-state index contributed by atoms with van der Waals surface area (Å²) < 4.78 is 51.1. The van der Waals surface area contributed by atoms with E-state index in [9.17, 15) is 13.2 Å². The predicted molar refractivity (Wildman–Crippen MR) is 126 cm³/mol. The van der Waals surface area contributed by atoms with Crippen LogP contribution in [0.25, 0.3) is 5.69 Å². The third kappa shape index (κ3) is 4.70. The molecule has 1 saturated heterocycles. The van der Waals surface area contributed by atoms with Crippen LogP contribution in [0.5, 0.6) is 0 Å². The lowest BCUT2D eigenvalue weighted by Gasteiger charge is -2.31. The van der Waals surface area contributed by atoms with E-state index in [1.807, 2.05) is 4.90 Å². The summed E-state index contributed by atoms with van der Waals surface area (Å²) in [5.74, 6) is -1.09. The van der Waals surface area contributed by atoms with E-state index in [1.54, 1.807) is 12.1 Å². The highest BCUT2D eigenvalue weighted by molar-refractivity contribution is 7.92. The van der Waals surface area contributed by atoms with Gasteiger partial charge in [0.25, 0.3) is 10.0 Å². The number of esters is 1. The Labute approximate surface area is 202 Å². The molecule has 1 aromatic heterocycles. The van der Waals surface area contributed by atoms with E-state index in [-0.39, 0.29) is 27.8 Å². The number of carbonyl (C=O) groups excluding carboxylic acids is 1. The van der Waals surface area contributed by atoms with E-state index in [0.29, 0.717) is 24.3 Å². The molecule has 184 valence electrons. The number of tetrazole rings is 1. The maximum absolute atomic E-state index is 15.1. The van der Waals surface area contributed by atoms with Crippen LogP contribution in [-0.2, 0) is 14.8 Å². The van der Waals surface area contributed by atoms with E-state index in [1.165, 1.54) is 31.6 Å². The fraction of sp³-hybridized carbons (Fsp3) is 0.391. The van der Waals surface area contributed by atoms with Crippen LogP contribution < -0.4 is 9.62 Å². The van der Waals surface area contributed by atoms with Gasteiger partial charge in [0.05, 0.1) is 28.9 Å². The molecule has 0 unspecified atom stereocenters. The molecule has 1 aliphatic heterocycles. The van der Waals surface area contributed by atoms with Crippen molar-refractivity contribution in [3.63, 3.8) is 0 Å². The van der Waals surface area contributed by atoms with Crippen LogP contribution in [0.2, 0.25) is 0 Å². The number of nitrogens with zero attached hydrogens (tertiary/aromatic N) is 5. The zero-order valence-corrected chi connectivity index (χ0v) is 20.0. The lowest BCUT2D eigenvalue weighted by atomic mass is 10.1. The number of halogens is 1. The summed E-state index contributed by atoms with van der Waals surface area (Å²) in [6, 6.07) is 7.29. The van der Waals surface area contributed by atoms with Crippen molar-refractivity contribution in [1.29, 1.82) is 0 Å². The molecule has 1 saturated carbocycles. The van der Waals surface area contributed by atoms with Crippen molar-refractivity contribution < 1.29 is 22.3 Å². The van der Waals surface area contributed by atoms with Gasteiger partial charge in [-0.3, -0.25) is 4.72 Å². The lowest BCUT2D eigenvalue weighted by Crippen LogP contribution is -2.31. The minimum atomic E-state index is -4.14. The molecule has 10 nitrogen and oxygen atoms in total. The second-order valence-corrected chi connectivity index (χ2v) is 10.4. The molecule has 2 fully saturated rings. The van der Waals surface area contributed by atoms with Crippen LogP contribution in [0.15, 0.2) is 41.6 Å². The number of hydrogen-bond donors (Lipinski definition) is 1. The number of nitrogens with one attached hydrogen (secondary N) is 1. The van der Waals surface area contributed by atoms with Crippen LogP contribution in [-0.4, -0.2) is 54.8 Å². The van der Waals surface area contributed by atoms with Gasteiger partial charge in [-0.05, 0) is 72.2 Å². The highest BCUT2D eigenvalue weighted by atomic mass is 32.2. The van der Waals surface area contributed by atoms with Crippen LogP contribution in [0.1, 0.15) is 53.9 Å². The van der Waals surface area contributed by atoms with Gasteiger partial charge in [-0.15, -0.1) is 5.10 Å². The molecular formula is C23H25FN6O4S. The maximum atomic E-state index is 15.1. The van der Waals surface area contributed by atoms with E-state index in [0.717, 1.165) is 36.8 Å². The van der Waals surface area contributed by atoms with Crippen molar-refractivity contribution in [3.05, 3.63) is 53.6 Å². The van der Waals surface area contributed by atoms with E-state index in [2.05, 4.69) is 20.2 Å². The number of methoxy groups -OCH3 is 1. The summed E-state index contributed by atoms with van der Waals surface area (Å²) in [5, 5.41) is 10.8. The standard InChI is InChI=1S/C23H25FN6O4S/c1-34-23(31)16-7-8-17(15-5-6-15)22(11-16)35(32,33)26-19-13-20(30-14-25-27-28-30)18(24)12-21(19)29-9-3-2-4-10-29/h7-8,11-15,26H,2-6,9-10H2,1H3. The summed E-state index contributed by atoms with van der Waals surface area (Å²) in [5.41, 5.74) is 1.46. The number of rotatable bonds is 7. The summed E-state index contributed by atoms with van der Waals surface area (Å²) in [4.78, 5) is 14.1. The summed E-state index contributed by atoms with van der Waals surface area (Å²) >= 11 is 0. The minimum Gasteiger partial charge on any atom is -0.465 e. The van der Waals surface area contributed by atoms with Crippen LogP contribution in [0.4, 0.5) is 15.8 Å². The second kappa shape index (κ2) is 9.25. The monoisotopic (exact) mass is 500 g/mol. The Morgan fingerprint density at radius 2 is 1.89 bits per heavy atom. The molecule has 5 rings (SSSR count). The Morgan fingerprint density at radius 1 is 1.11 bits per heavy atom. The number of piperidine rings is 1. The quantitative estimate of drug-likeness (QED) is 0.491. The van der Waals surface area contributed by atoms with Crippen molar-refractivity contribution in [1.82, 2.24) is 20.2 Å². The number of carbonyl (C=O) groups is 1. The molecule has 12 heteroatoms. The highest BCUT2D eigenvalue weighted by Crippen LogP contribution is 2.44. The number of sulfonamides is 1. The average molecular weight is 501 g/mol. The number of anilines is 2. The summed E-state index contributed by atoms with van der Waals surface area (Å²) in [7, 11) is -2.90. The number of aromatic nitrogens is 4. The Bertz CT molecular complexity index is 1350. The molecule has 35 heavy (non-hydrogen) atoms. The molecule has 2 aliphatic rings. The molecule has 0 radical (unpaired) electrons. The van der Waals surface area contributed by atoms with E-state index >= 15 is 4.39 Å². The van der Waals surface area contributed by atoms with Gasteiger partial charge >= 0.3 is 5.97 Å². The number of hydrogen-bond acceptors (Lipinski definition) is 8. The van der Waals surface area contributed by atoms with Crippen molar-refractivity contribution in [2.45, 2.75) is 42.9 Å². The fourth-order valence-electron chi connectivity index (χ4n) is 4.42. The Balaban J connectivity index is 1.60. The van der Waals surface area contributed by atoms with Crippen LogP contribution in [0, 0.1) is 5.82 Å². The van der Waals surface area contributed by atoms with Gasteiger partial charge in [-0.1, -0.05) is 6.07 Å². The van der Waals surface area contributed by atoms with Gasteiger partial charge in [0, 0.05) is 19.2 Å². The normalized spacial score (nSPS) is 16.2. The van der Waals surface area contributed by atoms with Crippen molar-refractivity contribution in [2.75, 3.05) is 29.8 Å². The molecule has 2 aromatic carbocycles. The SMILES string of the molecule is COC(=O)c1ccc(C2CC2)c(S(=O)(=O)Nc2cc(-n3cnnn3)c(F)cc2N2CCCCC2)c1. The van der Waals surface area contributed by atoms with Gasteiger partial charge in [-0.2, -0.15) is 4.68 Å². The Morgan fingerprint density at radius 3 is 2.54 bits per heavy atom. The van der Waals surface area contributed by atoms with Crippen molar-refractivity contribution >= 4 is 27.4 Å². The number of ether oxygens (including phenoxy) is 1. The Hall–Kier alpha value is -3.54.